The van der Waals surface area contributed by atoms with Crippen LogP contribution in [0.2, 0.25) is 0 Å². The molecule has 0 N–H and O–H groups in total. The van der Waals surface area contributed by atoms with Crippen LogP contribution in [0, 0.1) is 5.92 Å². The van der Waals surface area contributed by atoms with Crippen LogP contribution in [-0.2, 0) is 4.74 Å². The molecule has 0 radical (unpaired) electrons. The first kappa shape index (κ1) is 4.89. The van der Waals surface area contributed by atoms with E-state index in [4.69, 9.17) is 4.74 Å². The number of fused-ring (bicyclic) bond motifs is 2. The zero-order valence-electron chi connectivity index (χ0n) is 5.13. The van der Waals surface area contributed by atoms with Gasteiger partial charge >= 0.3 is 0 Å². The van der Waals surface area contributed by atoms with Gasteiger partial charge in [-0.3, -0.25) is 0 Å². The summed E-state index contributed by atoms with van der Waals surface area (Å²) < 4.78 is 5.37. The van der Waals surface area contributed by atoms with Crippen molar-refractivity contribution in [3.63, 3.8) is 0 Å². The Labute approximate surface area is 54.3 Å². The molecule has 0 aromatic rings. The molecular weight excluding hydrogens is 112 g/mol. The molecule has 9 heavy (non-hydrogen) atoms. The summed E-state index contributed by atoms with van der Waals surface area (Å²) in [5.74, 6) is 1.43. The van der Waals surface area contributed by atoms with Gasteiger partial charge in [-0.15, -0.1) is 0 Å². The third-order valence-electron chi connectivity index (χ3n) is 1.83. The highest BCUT2D eigenvalue weighted by atomic mass is 16.5. The van der Waals surface area contributed by atoms with Crippen LogP contribution in [0.4, 0.5) is 0 Å². The summed E-state index contributed by atoms with van der Waals surface area (Å²) >= 11 is 0. The minimum Gasteiger partial charge on any atom is -0.482 e. The van der Waals surface area contributed by atoms with E-state index in [9.17, 15) is 0 Å². The van der Waals surface area contributed by atoms with Gasteiger partial charge in [-0.05, 0) is 6.08 Å². The van der Waals surface area contributed by atoms with Crippen molar-refractivity contribution in [1.82, 2.24) is 0 Å². The second-order valence-electron chi connectivity index (χ2n) is 2.42. The molecule has 1 aliphatic carbocycles. The van der Waals surface area contributed by atoms with Crippen LogP contribution in [0.1, 0.15) is 6.42 Å². The van der Waals surface area contributed by atoms with Gasteiger partial charge in [0.25, 0.3) is 0 Å². The molecule has 0 spiro atoms. The highest BCUT2D eigenvalue weighted by Gasteiger charge is 2.32. The summed E-state index contributed by atoms with van der Waals surface area (Å²) in [5.41, 5.74) is 2.79. The van der Waals surface area contributed by atoms with Crippen LogP contribution in [0.3, 0.4) is 0 Å². The Kier molecular flexibility index (Phi) is 0.827. The first-order chi connectivity index (χ1) is 4.40. The standard InChI is InChI=1S/C8H8O/c1-2-8-6-3-4-7(5-6)9-8/h3-4,6-7H,1,5H2. The molecule has 0 aromatic heterocycles. The van der Waals surface area contributed by atoms with Crippen molar-refractivity contribution in [3.05, 3.63) is 30.2 Å². The monoisotopic (exact) mass is 120 g/mol. The quantitative estimate of drug-likeness (QED) is 0.348. The van der Waals surface area contributed by atoms with Gasteiger partial charge in [0.15, 0.2) is 0 Å². The van der Waals surface area contributed by atoms with E-state index in [1.54, 1.807) is 0 Å². The van der Waals surface area contributed by atoms with E-state index in [2.05, 4.69) is 24.5 Å². The molecule has 1 heterocycles. The van der Waals surface area contributed by atoms with Crippen LogP contribution in [-0.4, -0.2) is 6.10 Å². The summed E-state index contributed by atoms with van der Waals surface area (Å²) in [5, 5.41) is 0. The normalized spacial score (nSPS) is 36.7. The van der Waals surface area contributed by atoms with Crippen LogP contribution < -0.4 is 0 Å². The van der Waals surface area contributed by atoms with Gasteiger partial charge in [-0.2, -0.15) is 0 Å². The van der Waals surface area contributed by atoms with Crippen molar-refractivity contribution in [2.75, 3.05) is 0 Å². The van der Waals surface area contributed by atoms with Gasteiger partial charge in [-0.25, -0.2) is 0 Å². The molecule has 2 bridgehead atoms. The second kappa shape index (κ2) is 1.52. The molecule has 0 aromatic carbocycles. The van der Waals surface area contributed by atoms with E-state index in [1.807, 2.05) is 0 Å². The molecule has 2 aliphatic rings. The van der Waals surface area contributed by atoms with Crippen LogP contribution in [0.5, 0.6) is 0 Å². The minimum absolute atomic E-state index is 0.333. The van der Waals surface area contributed by atoms with Gasteiger partial charge in [-0.1, -0.05) is 18.4 Å². The summed E-state index contributed by atoms with van der Waals surface area (Å²) in [4.78, 5) is 0. The molecule has 1 nitrogen and oxygen atoms in total. The Balaban J connectivity index is 2.39. The Morgan fingerprint density at radius 2 is 2.56 bits per heavy atom. The predicted octanol–water partition coefficient (Wildman–Crippen LogP) is 1.63. The first-order valence-electron chi connectivity index (χ1n) is 3.15. The van der Waals surface area contributed by atoms with Gasteiger partial charge in [0.05, 0.1) is 0 Å². The Morgan fingerprint density at radius 1 is 1.67 bits per heavy atom. The Morgan fingerprint density at radius 3 is 2.89 bits per heavy atom. The number of hydrogen-bond acceptors (Lipinski definition) is 1. The fourth-order valence-electron chi connectivity index (χ4n) is 1.37. The zero-order chi connectivity index (χ0) is 6.27. The van der Waals surface area contributed by atoms with Crippen molar-refractivity contribution in [1.29, 1.82) is 0 Å². The molecule has 46 valence electrons. The van der Waals surface area contributed by atoms with Crippen molar-refractivity contribution in [2.45, 2.75) is 12.5 Å². The third kappa shape index (κ3) is 0.554. The third-order valence-corrected chi connectivity index (χ3v) is 1.83. The molecule has 1 saturated heterocycles. The van der Waals surface area contributed by atoms with Crippen molar-refractivity contribution >= 4 is 0 Å². The first-order valence-corrected chi connectivity index (χ1v) is 3.15. The van der Waals surface area contributed by atoms with Crippen LogP contribution in [0.25, 0.3) is 0 Å². The van der Waals surface area contributed by atoms with Gasteiger partial charge < -0.3 is 4.74 Å². The molecule has 1 fully saturated rings. The van der Waals surface area contributed by atoms with Gasteiger partial charge in [0, 0.05) is 12.3 Å². The number of allylic oxidation sites excluding steroid dienone is 1. The maximum Gasteiger partial charge on any atom is 0.145 e. The van der Waals surface area contributed by atoms with E-state index >= 15 is 0 Å². The van der Waals surface area contributed by atoms with Crippen molar-refractivity contribution < 1.29 is 4.74 Å². The number of ether oxygens (including phenoxy) is 1. The van der Waals surface area contributed by atoms with E-state index in [-0.39, 0.29) is 0 Å². The van der Waals surface area contributed by atoms with Crippen LogP contribution in [0.15, 0.2) is 30.2 Å². The molecule has 0 amide bonds. The molecule has 2 atom stereocenters. The van der Waals surface area contributed by atoms with Crippen molar-refractivity contribution in [2.24, 2.45) is 5.92 Å². The fourth-order valence-corrected chi connectivity index (χ4v) is 1.37. The number of hydrogen-bond donors (Lipinski definition) is 0. The number of rotatable bonds is 0. The highest BCUT2D eigenvalue weighted by Crippen LogP contribution is 2.36. The van der Waals surface area contributed by atoms with E-state index in [0.29, 0.717) is 12.0 Å². The largest absolute Gasteiger partial charge is 0.482 e. The Bertz CT molecular complexity index is 209. The lowest BCUT2D eigenvalue weighted by Gasteiger charge is -2.06. The molecular formula is C8H8O. The average molecular weight is 120 g/mol. The summed E-state index contributed by atoms with van der Waals surface area (Å²) in [6.07, 6.45) is 5.71. The lowest BCUT2D eigenvalue weighted by molar-refractivity contribution is 0.197. The SMILES string of the molecule is C=C=C1OC2C=CC1C2. The predicted molar refractivity (Wildman–Crippen MR) is 34.8 cm³/mol. The van der Waals surface area contributed by atoms with Gasteiger partial charge in [0.2, 0.25) is 0 Å². The smallest absolute Gasteiger partial charge is 0.145 e. The van der Waals surface area contributed by atoms with Gasteiger partial charge in [0.1, 0.15) is 11.9 Å². The maximum atomic E-state index is 5.37. The molecule has 0 saturated carbocycles. The summed E-state index contributed by atoms with van der Waals surface area (Å²) in [7, 11) is 0. The lowest BCUT2D eigenvalue weighted by Crippen LogP contribution is -1.97. The van der Waals surface area contributed by atoms with E-state index < -0.39 is 0 Å². The van der Waals surface area contributed by atoms with Crippen LogP contribution >= 0.6 is 0 Å². The topological polar surface area (TPSA) is 9.23 Å². The minimum atomic E-state index is 0.333. The highest BCUT2D eigenvalue weighted by molar-refractivity contribution is 5.20. The second-order valence-corrected chi connectivity index (χ2v) is 2.42. The van der Waals surface area contributed by atoms with E-state index in [0.717, 1.165) is 12.2 Å². The lowest BCUT2D eigenvalue weighted by atomic mass is 10.1. The maximum absolute atomic E-state index is 5.37. The molecule has 1 aliphatic heterocycles. The zero-order valence-corrected chi connectivity index (χ0v) is 5.13. The fraction of sp³-hybridized carbons (Fsp3) is 0.375. The Hall–Kier alpha value is -0.940. The molecule has 2 unspecified atom stereocenters. The van der Waals surface area contributed by atoms with E-state index in [1.165, 1.54) is 0 Å². The van der Waals surface area contributed by atoms with Crippen molar-refractivity contribution in [3.8, 4) is 0 Å². The summed E-state index contributed by atoms with van der Waals surface area (Å²) in [6, 6.07) is 0. The average Bonchev–Trinajstić information content (AvgIpc) is 2.45. The molecule has 1 heteroatoms. The molecule has 2 rings (SSSR count). The summed E-state index contributed by atoms with van der Waals surface area (Å²) in [6.45, 7) is 3.54.